The van der Waals surface area contributed by atoms with Crippen LogP contribution >= 0.6 is 0 Å². The number of imidazole rings is 1. The van der Waals surface area contributed by atoms with E-state index in [9.17, 15) is 14.4 Å². The van der Waals surface area contributed by atoms with Gasteiger partial charge in [-0.25, -0.2) is 9.59 Å². The fraction of sp³-hybridized carbons (Fsp3) is 0. The van der Waals surface area contributed by atoms with Gasteiger partial charge in [-0.15, -0.1) is 4.95 Å². The molecule has 2 aromatic heterocycles. The van der Waals surface area contributed by atoms with Crippen LogP contribution in [-0.2, 0) is 0 Å². The molecule has 0 saturated heterocycles. The van der Waals surface area contributed by atoms with Crippen LogP contribution in [0, 0.1) is 6.57 Å². The van der Waals surface area contributed by atoms with Crippen molar-refractivity contribution < 1.29 is 93.1 Å². The average Bonchev–Trinajstić information content (AvgIpc) is 2.47. The van der Waals surface area contributed by atoms with Crippen LogP contribution in [0.2, 0.25) is 0 Å². The monoisotopic (exact) mass is 397 g/mol. The summed E-state index contributed by atoms with van der Waals surface area (Å²) < 4.78 is 0.298. The van der Waals surface area contributed by atoms with Crippen molar-refractivity contribution in [2.24, 2.45) is 0 Å². The van der Waals surface area contributed by atoms with Gasteiger partial charge >= 0.3 is 76.1 Å². The molecule has 0 bridgehead atoms. The second-order valence-corrected chi connectivity index (χ2v) is 2.48. The summed E-state index contributed by atoms with van der Waals surface area (Å²) in [6, 6.07) is 0. The third kappa shape index (κ3) is 4.21. The van der Waals surface area contributed by atoms with Crippen LogP contribution in [0.1, 0.15) is 0 Å². The zero-order valence-electron chi connectivity index (χ0n) is 9.38. The first-order valence-electron chi connectivity index (χ1n) is 3.48. The molecule has 0 atom stereocenters. The second-order valence-electron chi connectivity index (χ2n) is 2.48. The number of aromatic amines is 3. The number of halogens is 2. The van der Waals surface area contributed by atoms with E-state index in [0.29, 0.717) is 4.68 Å². The van der Waals surface area contributed by atoms with E-state index in [0.717, 1.165) is 0 Å². The molecule has 3 N–H and O–H groups in total. The zero-order chi connectivity index (χ0) is 10.3. The van der Waals surface area contributed by atoms with Crippen LogP contribution in [0.15, 0.2) is 14.4 Å². The van der Waals surface area contributed by atoms with Gasteiger partial charge in [-0.05, 0) is 0 Å². The summed E-state index contributed by atoms with van der Waals surface area (Å²) in [6.45, 7) is 6.57. The Morgan fingerprint density at radius 2 is 1.56 bits per heavy atom. The molecule has 0 unspecified atom stereocenters. The first kappa shape index (κ1) is 23.5. The van der Waals surface area contributed by atoms with Crippen molar-refractivity contribution in [3.63, 3.8) is 0 Å². The van der Waals surface area contributed by atoms with E-state index in [4.69, 9.17) is 6.57 Å². The maximum Gasteiger partial charge on any atom is 1.00 e. The Bertz CT molecular complexity index is 724. The molecule has 2 rings (SSSR count). The van der Waals surface area contributed by atoms with E-state index in [2.05, 4.69) is 19.9 Å². The number of nitrogens with one attached hydrogen (secondary N) is 3. The van der Waals surface area contributed by atoms with Gasteiger partial charge in [0.25, 0.3) is 0 Å². The van der Waals surface area contributed by atoms with Gasteiger partial charge in [0.15, 0.2) is 5.52 Å². The first-order valence-corrected chi connectivity index (χ1v) is 3.48. The molecule has 12 heteroatoms. The smallest absolute Gasteiger partial charge is 1.00 e. The predicted molar refractivity (Wildman–Crippen MR) is 45.8 cm³/mol. The molecule has 0 fully saturated rings. The van der Waals surface area contributed by atoms with Crippen molar-refractivity contribution >= 4 is 11.2 Å². The quantitative estimate of drug-likeness (QED) is 0.303. The number of hydrogen-bond acceptors (Lipinski definition) is 3. The Balaban J connectivity index is -0.000000562. The summed E-state index contributed by atoms with van der Waals surface area (Å²) in [7, 11) is 0. The molecular formula is C6H3Br2N5Na2O3. The Labute approximate surface area is 164 Å². The van der Waals surface area contributed by atoms with Gasteiger partial charge < -0.3 is 34.0 Å². The topological polar surface area (TPSA) is 108 Å². The molecule has 0 aliphatic carbocycles. The van der Waals surface area contributed by atoms with Crippen LogP contribution in [0.5, 0.6) is 0 Å². The number of rotatable bonds is 0. The Kier molecular flexibility index (Phi) is 12.2. The maximum atomic E-state index is 11.3. The maximum absolute atomic E-state index is 11.3. The summed E-state index contributed by atoms with van der Waals surface area (Å²) in [4.78, 5) is 42.4. The van der Waals surface area contributed by atoms with E-state index in [-0.39, 0.29) is 104 Å². The fourth-order valence-corrected chi connectivity index (χ4v) is 1.09. The van der Waals surface area contributed by atoms with Crippen LogP contribution in [0.4, 0.5) is 0 Å². The summed E-state index contributed by atoms with van der Waals surface area (Å²) >= 11 is 0. The minimum Gasteiger partial charge on any atom is -1.00 e. The van der Waals surface area contributed by atoms with E-state index in [1.807, 2.05) is 0 Å². The standard InChI is InChI=1S/C6H3N5O3.2BrH.2Na/c1-7-11-4(12)2-3(10-6(11)14)9-5(13)8-2;;;;/h(H,10,14)(H2,8,9,13);2*1H;;/q;;;2*+1/p-2. The van der Waals surface area contributed by atoms with Gasteiger partial charge in [0.1, 0.15) is 5.65 Å². The van der Waals surface area contributed by atoms with Crippen molar-refractivity contribution in [1.82, 2.24) is 19.6 Å². The molecule has 0 aromatic carbocycles. The summed E-state index contributed by atoms with van der Waals surface area (Å²) in [6.07, 6.45) is 0. The third-order valence-electron chi connectivity index (χ3n) is 1.66. The molecule has 0 spiro atoms. The summed E-state index contributed by atoms with van der Waals surface area (Å²) in [5, 5.41) is 0. The molecular weight excluding hydrogens is 396 g/mol. The average molecular weight is 399 g/mol. The molecule has 0 aliphatic rings. The van der Waals surface area contributed by atoms with Gasteiger partial charge in [0, 0.05) is 0 Å². The first-order chi connectivity index (χ1) is 6.63. The number of hydrogen-bond donors (Lipinski definition) is 3. The van der Waals surface area contributed by atoms with Crippen LogP contribution in [0.3, 0.4) is 0 Å². The fourth-order valence-electron chi connectivity index (χ4n) is 1.09. The molecule has 0 aliphatic heterocycles. The van der Waals surface area contributed by atoms with Gasteiger partial charge in [-0.3, -0.25) is 19.7 Å². The van der Waals surface area contributed by atoms with Crippen LogP contribution in [0.25, 0.3) is 16.1 Å². The molecule has 86 valence electrons. The van der Waals surface area contributed by atoms with Crippen molar-refractivity contribution in [3.8, 4) is 0 Å². The van der Waals surface area contributed by atoms with Gasteiger partial charge in [0.2, 0.25) is 0 Å². The third-order valence-corrected chi connectivity index (χ3v) is 1.66. The van der Waals surface area contributed by atoms with Crippen molar-refractivity contribution in [1.29, 1.82) is 0 Å². The van der Waals surface area contributed by atoms with Crippen molar-refractivity contribution in [3.05, 3.63) is 42.8 Å². The van der Waals surface area contributed by atoms with E-state index < -0.39 is 16.9 Å². The van der Waals surface area contributed by atoms with E-state index in [1.165, 1.54) is 0 Å². The Morgan fingerprint density at radius 3 is 2.06 bits per heavy atom. The minimum absolute atomic E-state index is 0. The van der Waals surface area contributed by atoms with Crippen LogP contribution < -0.4 is 110 Å². The molecule has 0 radical (unpaired) electrons. The largest absolute Gasteiger partial charge is 1.00 e. The predicted octanol–water partition coefficient (Wildman–Crippen LogP) is -13.6. The zero-order valence-corrected chi connectivity index (χ0v) is 16.5. The Morgan fingerprint density at radius 1 is 1.00 bits per heavy atom. The van der Waals surface area contributed by atoms with E-state index >= 15 is 0 Å². The number of nitrogens with zero attached hydrogens (tertiary/aromatic N) is 2. The number of aromatic nitrogens is 4. The molecule has 0 saturated carbocycles. The number of fused-ring (bicyclic) bond motifs is 1. The van der Waals surface area contributed by atoms with Gasteiger partial charge in [0.05, 0.1) is 4.68 Å². The van der Waals surface area contributed by atoms with Crippen LogP contribution in [-0.4, -0.2) is 19.6 Å². The minimum atomic E-state index is -0.882. The SMILES string of the molecule is [Br-].[Br-].[C-]#[N+]n1c(=O)[nH]c2[nH]c(=O)[nH]c2c1=O.[Na+].[Na+]. The summed E-state index contributed by atoms with van der Waals surface area (Å²) in [5.74, 6) is 0. The molecule has 2 aromatic rings. The molecule has 18 heavy (non-hydrogen) atoms. The van der Waals surface area contributed by atoms with Gasteiger partial charge in [-0.2, -0.15) is 6.57 Å². The van der Waals surface area contributed by atoms with Crippen molar-refractivity contribution in [2.75, 3.05) is 0 Å². The van der Waals surface area contributed by atoms with E-state index in [1.54, 1.807) is 0 Å². The Hall–Kier alpha value is 0.400. The van der Waals surface area contributed by atoms with Gasteiger partial charge in [-0.1, -0.05) is 0 Å². The normalized spacial score (nSPS) is 7.94. The molecule has 8 nitrogen and oxygen atoms in total. The molecule has 2 heterocycles. The molecule has 0 amide bonds. The van der Waals surface area contributed by atoms with Crippen molar-refractivity contribution in [2.45, 2.75) is 0 Å². The second kappa shape index (κ2) is 9.33. The number of H-pyrrole nitrogens is 3. The summed E-state index contributed by atoms with van der Waals surface area (Å²) in [5.41, 5.74) is -2.48.